The van der Waals surface area contributed by atoms with E-state index >= 15 is 0 Å². The maximum absolute atomic E-state index is 13.1. The fourth-order valence-electron chi connectivity index (χ4n) is 2.82. The van der Waals surface area contributed by atoms with Crippen LogP contribution in [0.1, 0.15) is 0 Å². The largest absolute Gasteiger partial charge is 0.455 e. The minimum atomic E-state index is -3.80. The molecule has 0 unspecified atom stereocenters. The Balaban J connectivity index is 1.89. The number of morpholine rings is 1. The summed E-state index contributed by atoms with van der Waals surface area (Å²) < 4.78 is 51.3. The molecule has 4 N–H and O–H groups in total. The van der Waals surface area contributed by atoms with Gasteiger partial charge in [0.15, 0.2) is 5.75 Å². The number of nitrogens with two attached hydrogens (primary N) is 1. The summed E-state index contributed by atoms with van der Waals surface area (Å²) in [5.74, 6) is -0.670. The molecule has 0 radical (unpaired) electrons. The van der Waals surface area contributed by atoms with E-state index in [9.17, 15) is 22.4 Å². The molecule has 10 nitrogen and oxygen atoms in total. The minimum Gasteiger partial charge on any atom is -0.455 e. The third kappa shape index (κ3) is 5.90. The summed E-state index contributed by atoms with van der Waals surface area (Å²) in [5, 5.41) is 4.64. The van der Waals surface area contributed by atoms with Gasteiger partial charge in [-0.15, -0.1) is 0 Å². The van der Waals surface area contributed by atoms with Crippen molar-refractivity contribution < 1.29 is 31.9 Å². The summed E-state index contributed by atoms with van der Waals surface area (Å²) in [7, 11) is -3.80. The quantitative estimate of drug-likeness (QED) is 0.574. The van der Waals surface area contributed by atoms with Gasteiger partial charge in [0.1, 0.15) is 11.6 Å². The Morgan fingerprint density at radius 3 is 2.45 bits per heavy atom. The van der Waals surface area contributed by atoms with E-state index < -0.39 is 27.8 Å². The molecule has 0 atom stereocenters. The van der Waals surface area contributed by atoms with Gasteiger partial charge in [0.2, 0.25) is 15.9 Å². The number of carbonyl (C=O) groups is 2. The Morgan fingerprint density at radius 1 is 1.13 bits per heavy atom. The average Bonchev–Trinajstić information content (AvgIpc) is 2.74. The van der Waals surface area contributed by atoms with Crippen LogP contribution in [0.4, 0.5) is 14.9 Å². The molecule has 1 saturated heterocycles. The lowest BCUT2D eigenvalue weighted by Gasteiger charge is -2.26. The first-order chi connectivity index (χ1) is 14.8. The van der Waals surface area contributed by atoms with Crippen LogP contribution in [0.3, 0.4) is 0 Å². The van der Waals surface area contributed by atoms with Gasteiger partial charge in [-0.05, 0) is 42.5 Å². The van der Waals surface area contributed by atoms with Crippen molar-refractivity contribution in [3.05, 3.63) is 48.3 Å². The normalized spacial score (nSPS) is 14.6. The molecule has 1 aliphatic rings. The highest BCUT2D eigenvalue weighted by atomic mass is 32.2. The molecular weight excluding hydrogens is 431 g/mol. The molecule has 12 heteroatoms. The zero-order valence-electron chi connectivity index (χ0n) is 16.3. The topological polar surface area (TPSA) is 140 Å². The van der Waals surface area contributed by atoms with E-state index in [0.717, 1.165) is 0 Å². The highest BCUT2D eigenvalue weighted by Gasteiger charge is 2.27. The van der Waals surface area contributed by atoms with Gasteiger partial charge in [-0.25, -0.2) is 17.6 Å². The monoisotopic (exact) mass is 452 g/mol. The van der Waals surface area contributed by atoms with E-state index in [-0.39, 0.29) is 36.0 Å². The number of amides is 3. The van der Waals surface area contributed by atoms with Crippen LogP contribution in [0.15, 0.2) is 47.4 Å². The third-order valence-corrected chi connectivity index (χ3v) is 6.20. The number of urea groups is 1. The molecule has 0 spiro atoms. The number of rotatable bonds is 7. The molecule has 1 heterocycles. The number of imide groups is 1. The van der Waals surface area contributed by atoms with Gasteiger partial charge < -0.3 is 20.5 Å². The second kappa shape index (κ2) is 9.73. The van der Waals surface area contributed by atoms with Crippen molar-refractivity contribution in [1.29, 1.82) is 0 Å². The molecule has 2 aromatic rings. The smallest absolute Gasteiger partial charge is 0.318 e. The first-order valence-electron chi connectivity index (χ1n) is 9.24. The first-order valence-corrected chi connectivity index (χ1v) is 10.7. The number of hydrogen-bond acceptors (Lipinski definition) is 7. The molecule has 2 aromatic carbocycles. The lowest BCUT2D eigenvalue weighted by Crippen LogP contribution is -2.40. The van der Waals surface area contributed by atoms with Crippen molar-refractivity contribution in [1.82, 2.24) is 9.62 Å². The number of carbonyl (C=O) groups excluding carboxylic acids is 2. The maximum Gasteiger partial charge on any atom is 0.318 e. The van der Waals surface area contributed by atoms with Crippen LogP contribution in [0.25, 0.3) is 0 Å². The number of sulfonamides is 1. The van der Waals surface area contributed by atoms with Crippen LogP contribution in [0.5, 0.6) is 11.5 Å². The SMILES string of the molecule is NC(=O)NC(=O)CNc1cc(S(=O)(=O)N2CCOCC2)ccc1Oc1ccc(F)cc1. The number of ether oxygens (including phenoxy) is 2. The fraction of sp³-hybridized carbons (Fsp3) is 0.263. The molecule has 166 valence electrons. The Bertz CT molecular complexity index is 1060. The van der Waals surface area contributed by atoms with Gasteiger partial charge in [0, 0.05) is 13.1 Å². The number of nitrogens with one attached hydrogen (secondary N) is 2. The second-order valence-electron chi connectivity index (χ2n) is 6.50. The van der Waals surface area contributed by atoms with E-state index in [0.29, 0.717) is 19.0 Å². The Labute approximate surface area is 178 Å². The maximum atomic E-state index is 13.1. The van der Waals surface area contributed by atoms with E-state index in [1.165, 1.54) is 46.8 Å². The van der Waals surface area contributed by atoms with E-state index in [4.69, 9.17) is 15.2 Å². The van der Waals surface area contributed by atoms with Crippen LogP contribution in [0.2, 0.25) is 0 Å². The standard InChI is InChI=1S/C19H21FN4O6S/c20-13-1-3-14(4-2-13)30-17-6-5-15(31(27,28)24-7-9-29-10-8-24)11-16(17)22-12-18(25)23-19(21)26/h1-6,11,22H,7-10,12H2,(H3,21,23,25,26). The van der Waals surface area contributed by atoms with Crippen LogP contribution in [0, 0.1) is 5.82 Å². The van der Waals surface area contributed by atoms with E-state index in [1.54, 1.807) is 0 Å². The molecule has 0 aromatic heterocycles. The van der Waals surface area contributed by atoms with Crippen molar-refractivity contribution in [2.45, 2.75) is 4.90 Å². The highest BCUT2D eigenvalue weighted by Crippen LogP contribution is 2.33. The zero-order chi connectivity index (χ0) is 22.4. The van der Waals surface area contributed by atoms with Crippen LogP contribution >= 0.6 is 0 Å². The van der Waals surface area contributed by atoms with Crippen LogP contribution < -0.4 is 21.1 Å². The molecule has 31 heavy (non-hydrogen) atoms. The Morgan fingerprint density at radius 2 is 1.81 bits per heavy atom. The molecule has 0 bridgehead atoms. The fourth-order valence-corrected chi connectivity index (χ4v) is 4.25. The van der Waals surface area contributed by atoms with Gasteiger partial charge in [0.25, 0.3) is 0 Å². The number of anilines is 1. The summed E-state index contributed by atoms with van der Waals surface area (Å²) in [6.07, 6.45) is 0. The third-order valence-electron chi connectivity index (χ3n) is 4.30. The molecule has 1 aliphatic heterocycles. The van der Waals surface area contributed by atoms with Crippen molar-refractivity contribution in [3.8, 4) is 11.5 Å². The first kappa shape index (κ1) is 22.5. The molecule has 0 aliphatic carbocycles. The average molecular weight is 452 g/mol. The van der Waals surface area contributed by atoms with Gasteiger partial charge >= 0.3 is 6.03 Å². The van der Waals surface area contributed by atoms with E-state index in [1.807, 2.05) is 5.32 Å². The Hall–Kier alpha value is -3.22. The number of benzene rings is 2. The minimum absolute atomic E-state index is 0.0151. The van der Waals surface area contributed by atoms with Gasteiger partial charge in [-0.3, -0.25) is 10.1 Å². The summed E-state index contributed by atoms with van der Waals surface area (Å²) in [6, 6.07) is 8.32. The molecular formula is C19H21FN4O6S. The molecule has 3 rings (SSSR count). The lowest BCUT2D eigenvalue weighted by molar-refractivity contribution is -0.118. The number of halogens is 1. The summed E-state index contributed by atoms with van der Waals surface area (Å²) in [6.45, 7) is 0.663. The number of primary amides is 1. The summed E-state index contributed by atoms with van der Waals surface area (Å²) in [4.78, 5) is 22.6. The summed E-state index contributed by atoms with van der Waals surface area (Å²) in [5.41, 5.74) is 5.10. The molecule has 3 amide bonds. The van der Waals surface area contributed by atoms with Gasteiger partial charge in [0.05, 0.1) is 30.3 Å². The number of hydrogen-bond donors (Lipinski definition) is 3. The summed E-state index contributed by atoms with van der Waals surface area (Å²) >= 11 is 0. The highest BCUT2D eigenvalue weighted by molar-refractivity contribution is 7.89. The zero-order valence-corrected chi connectivity index (χ0v) is 17.2. The van der Waals surface area contributed by atoms with E-state index in [2.05, 4.69) is 5.32 Å². The van der Waals surface area contributed by atoms with Crippen LogP contribution in [-0.4, -0.2) is 57.5 Å². The predicted octanol–water partition coefficient (Wildman–Crippen LogP) is 1.25. The lowest BCUT2D eigenvalue weighted by atomic mass is 10.2. The molecule has 1 fully saturated rings. The van der Waals surface area contributed by atoms with Crippen molar-refractivity contribution in [2.24, 2.45) is 5.73 Å². The van der Waals surface area contributed by atoms with Crippen molar-refractivity contribution >= 4 is 27.6 Å². The Kier molecular flexibility index (Phi) is 7.05. The van der Waals surface area contributed by atoms with Gasteiger partial charge in [-0.1, -0.05) is 0 Å². The molecule has 0 saturated carbocycles. The number of nitrogens with zero attached hydrogens (tertiary/aromatic N) is 1. The van der Waals surface area contributed by atoms with Gasteiger partial charge in [-0.2, -0.15) is 4.31 Å². The second-order valence-corrected chi connectivity index (χ2v) is 8.43. The predicted molar refractivity (Wildman–Crippen MR) is 109 cm³/mol. The van der Waals surface area contributed by atoms with Crippen LogP contribution in [-0.2, 0) is 19.6 Å². The van der Waals surface area contributed by atoms with Crippen molar-refractivity contribution in [3.63, 3.8) is 0 Å². The van der Waals surface area contributed by atoms with Crippen molar-refractivity contribution in [2.75, 3.05) is 38.2 Å².